The van der Waals surface area contributed by atoms with Gasteiger partial charge in [0.15, 0.2) is 0 Å². The van der Waals surface area contributed by atoms with E-state index in [1.807, 2.05) is 0 Å². The summed E-state index contributed by atoms with van der Waals surface area (Å²) in [7, 11) is 0. The molecule has 380 valence electrons. The average Bonchev–Trinajstić information content (AvgIpc) is 3.40. The summed E-state index contributed by atoms with van der Waals surface area (Å²) in [5.74, 6) is 0. The maximum atomic E-state index is 15.5. The fraction of sp³-hybridized carbons (Fsp3) is 0.576. The van der Waals surface area contributed by atoms with Gasteiger partial charge in [0.1, 0.15) is 0 Å². The standard InChI is InChI=1S/C66H82N2O4/c1-3-5-7-9-11-13-15-17-19-21-25-31-43-39-45-41-52-59-60(66(72)68(64(52)70)47-34-28-24-29-35-47)48(36-30-22-20-18-16-14-12-10-8-6-4-2)49-38-37-44-40-51-56-53(65(71)67(63(51)69)46-32-26-23-27-33-46)42-50(43)58-55(45)62(59)57(49)54(44)61(56)58/h37-42,46-47H,3-36H2,1-2H3. The van der Waals surface area contributed by atoms with Gasteiger partial charge in [-0.2, -0.15) is 0 Å². The van der Waals surface area contributed by atoms with Gasteiger partial charge >= 0.3 is 0 Å². The van der Waals surface area contributed by atoms with E-state index >= 15 is 19.2 Å². The third kappa shape index (κ3) is 8.84. The van der Waals surface area contributed by atoms with Crippen LogP contribution in [0.25, 0.3) is 86.2 Å². The van der Waals surface area contributed by atoms with Crippen LogP contribution in [0.15, 0.2) is 55.6 Å². The first-order valence-electron chi connectivity index (χ1n) is 30.0. The lowest BCUT2D eigenvalue weighted by Gasteiger charge is -2.28. The third-order valence-corrected chi connectivity index (χ3v) is 18.5. The molecule has 0 radical (unpaired) electrons. The molecule has 0 N–H and O–H groups in total. The van der Waals surface area contributed by atoms with Crippen molar-refractivity contribution in [3.8, 4) is 0 Å². The molecule has 2 fully saturated rings. The van der Waals surface area contributed by atoms with Gasteiger partial charge < -0.3 is 0 Å². The maximum absolute atomic E-state index is 15.5. The first-order chi connectivity index (χ1) is 35.4. The van der Waals surface area contributed by atoms with Crippen molar-refractivity contribution in [3.63, 3.8) is 0 Å². The van der Waals surface area contributed by atoms with Crippen LogP contribution in [0.4, 0.5) is 0 Å². The Morgan fingerprint density at radius 3 is 1.32 bits per heavy atom. The monoisotopic (exact) mass is 967 g/mol. The highest BCUT2D eigenvalue weighted by Crippen LogP contribution is 2.53. The van der Waals surface area contributed by atoms with Gasteiger partial charge in [0.25, 0.3) is 22.2 Å². The van der Waals surface area contributed by atoms with Gasteiger partial charge in [0.05, 0.1) is 5.39 Å². The largest absolute Gasteiger partial charge is 0.271 e. The Bertz CT molecular complexity index is 3490. The number of benzene rings is 7. The van der Waals surface area contributed by atoms with Gasteiger partial charge in [0, 0.05) is 49.8 Å². The molecular weight excluding hydrogens is 885 g/mol. The SMILES string of the molecule is CCCCCCCCCCCCCc1cc2cc3c(=O)n(C4CCCCC4)c(=O)c4c(CCCCCCCCCCCCC)c5ccc6cc7c(=O)n(C8CCCCC8)c(=O)c8cc1c1c2c(c34)c5c6c1c78. The number of nitrogens with zero attached hydrogens (tertiary/aromatic N) is 2. The van der Waals surface area contributed by atoms with Crippen LogP contribution < -0.4 is 22.2 Å². The molecule has 0 amide bonds. The number of hydrogen-bond donors (Lipinski definition) is 0. The molecule has 9 aromatic rings. The molecule has 2 aromatic heterocycles. The average molecular weight is 967 g/mol. The van der Waals surface area contributed by atoms with E-state index in [4.69, 9.17) is 0 Å². The molecule has 2 aliphatic rings. The van der Waals surface area contributed by atoms with E-state index in [2.05, 4.69) is 50.2 Å². The number of hydrogen-bond acceptors (Lipinski definition) is 4. The van der Waals surface area contributed by atoms with Crippen LogP contribution in [-0.2, 0) is 12.8 Å². The van der Waals surface area contributed by atoms with Crippen molar-refractivity contribution in [1.29, 1.82) is 0 Å². The van der Waals surface area contributed by atoms with Crippen molar-refractivity contribution < 1.29 is 0 Å². The fourth-order valence-electron chi connectivity index (χ4n) is 14.8. The van der Waals surface area contributed by atoms with E-state index in [0.717, 1.165) is 178 Å². The lowest BCUT2D eigenvalue weighted by Crippen LogP contribution is -2.38. The summed E-state index contributed by atoms with van der Waals surface area (Å²) in [6, 6.07) is 13.1. The van der Waals surface area contributed by atoms with Gasteiger partial charge in [0.2, 0.25) is 0 Å². The fourth-order valence-corrected chi connectivity index (χ4v) is 14.8. The molecule has 2 aliphatic carbocycles. The predicted octanol–water partition coefficient (Wildman–Crippen LogP) is 17.9. The minimum Gasteiger partial charge on any atom is -0.271 e. The number of aromatic nitrogens is 2. The van der Waals surface area contributed by atoms with E-state index in [0.29, 0.717) is 16.2 Å². The van der Waals surface area contributed by atoms with E-state index < -0.39 is 0 Å². The van der Waals surface area contributed by atoms with E-state index in [-0.39, 0.29) is 34.3 Å². The van der Waals surface area contributed by atoms with Crippen molar-refractivity contribution in [3.05, 3.63) is 88.9 Å². The predicted molar refractivity (Wildman–Crippen MR) is 308 cm³/mol. The normalized spacial score (nSPS) is 15.7. The zero-order valence-corrected chi connectivity index (χ0v) is 44.2. The third-order valence-electron chi connectivity index (χ3n) is 18.5. The minimum absolute atomic E-state index is 0.0831. The number of pyridine rings is 2. The summed E-state index contributed by atoms with van der Waals surface area (Å²) in [6.45, 7) is 4.56. The highest BCUT2D eigenvalue weighted by Gasteiger charge is 2.32. The van der Waals surface area contributed by atoms with Gasteiger partial charge in [-0.15, -0.1) is 0 Å². The van der Waals surface area contributed by atoms with Crippen LogP contribution >= 0.6 is 0 Å². The summed E-state index contributed by atoms with van der Waals surface area (Å²) in [6.07, 6.45) is 39.4. The summed E-state index contributed by atoms with van der Waals surface area (Å²) in [5.41, 5.74) is 1.78. The summed E-state index contributed by atoms with van der Waals surface area (Å²) < 4.78 is 3.36. The van der Waals surface area contributed by atoms with E-state index in [1.165, 1.54) is 121 Å². The van der Waals surface area contributed by atoms with Gasteiger partial charge in [-0.3, -0.25) is 28.3 Å². The van der Waals surface area contributed by atoms with Crippen LogP contribution in [-0.4, -0.2) is 9.13 Å². The number of aryl methyl sites for hydroxylation is 2. The van der Waals surface area contributed by atoms with Crippen LogP contribution in [0.1, 0.15) is 243 Å². The van der Waals surface area contributed by atoms with Crippen LogP contribution in [0, 0.1) is 0 Å². The minimum atomic E-state index is -0.152. The summed E-state index contributed by atoms with van der Waals surface area (Å²) in [4.78, 5) is 61.1. The molecule has 72 heavy (non-hydrogen) atoms. The van der Waals surface area contributed by atoms with Crippen molar-refractivity contribution >= 4 is 86.2 Å². The molecular formula is C66H82N2O4. The van der Waals surface area contributed by atoms with Gasteiger partial charge in [-0.1, -0.05) is 199 Å². The van der Waals surface area contributed by atoms with Crippen molar-refractivity contribution in [1.82, 2.24) is 9.13 Å². The lowest BCUT2D eigenvalue weighted by atomic mass is 9.77. The molecule has 0 unspecified atom stereocenters. The smallest absolute Gasteiger partial charge is 0.261 e. The zero-order valence-electron chi connectivity index (χ0n) is 44.2. The van der Waals surface area contributed by atoms with Crippen LogP contribution in [0.2, 0.25) is 0 Å². The maximum Gasteiger partial charge on any atom is 0.261 e. The molecule has 0 bridgehead atoms. The van der Waals surface area contributed by atoms with Crippen molar-refractivity contribution in [2.45, 2.75) is 244 Å². The first-order valence-corrected chi connectivity index (χ1v) is 30.0. The Kier molecular flexibility index (Phi) is 15.0. The Morgan fingerprint density at radius 2 is 0.764 bits per heavy atom. The lowest BCUT2D eigenvalue weighted by molar-refractivity contribution is 0.342. The second kappa shape index (κ2) is 21.9. The molecule has 7 aromatic carbocycles. The van der Waals surface area contributed by atoms with Gasteiger partial charge in [-0.05, 0) is 124 Å². The quantitative estimate of drug-likeness (QED) is 0.0308. The molecule has 6 nitrogen and oxygen atoms in total. The Morgan fingerprint density at radius 1 is 0.347 bits per heavy atom. The topological polar surface area (TPSA) is 78.1 Å². The molecule has 0 saturated heterocycles. The number of unbranched alkanes of at least 4 members (excludes halogenated alkanes) is 20. The molecule has 0 aliphatic heterocycles. The zero-order chi connectivity index (χ0) is 49.3. The second-order valence-corrected chi connectivity index (χ2v) is 23.4. The molecule has 11 rings (SSSR count). The Hall–Kier alpha value is -4.84. The molecule has 0 atom stereocenters. The second-order valence-electron chi connectivity index (χ2n) is 23.4. The number of rotatable bonds is 26. The molecule has 0 spiro atoms. The summed E-state index contributed by atoms with van der Waals surface area (Å²) >= 11 is 0. The van der Waals surface area contributed by atoms with Gasteiger partial charge in [-0.25, -0.2) is 0 Å². The Labute approximate surface area is 426 Å². The molecule has 6 heteroatoms. The first kappa shape index (κ1) is 49.4. The molecule has 2 saturated carbocycles. The highest BCUT2D eigenvalue weighted by atomic mass is 16.2. The summed E-state index contributed by atoms with van der Waals surface area (Å²) in [5, 5.41) is 15.1. The Balaban J connectivity index is 1.08. The highest BCUT2D eigenvalue weighted by molar-refractivity contribution is 6.50. The van der Waals surface area contributed by atoms with Crippen LogP contribution in [0.5, 0.6) is 0 Å². The molecule has 2 heterocycles. The van der Waals surface area contributed by atoms with E-state index in [9.17, 15) is 0 Å². The van der Waals surface area contributed by atoms with Crippen LogP contribution in [0.3, 0.4) is 0 Å². The van der Waals surface area contributed by atoms with Crippen molar-refractivity contribution in [2.24, 2.45) is 0 Å². The van der Waals surface area contributed by atoms with Crippen molar-refractivity contribution in [2.75, 3.05) is 0 Å². The van der Waals surface area contributed by atoms with E-state index in [1.54, 1.807) is 9.13 Å².